The second kappa shape index (κ2) is 11.5. The van der Waals surface area contributed by atoms with Crippen LogP contribution in [0.5, 0.6) is 0 Å². The number of nitrogens with zero attached hydrogens (tertiary/aromatic N) is 1. The van der Waals surface area contributed by atoms with Gasteiger partial charge in [0.05, 0.1) is 39.8 Å². The topological polar surface area (TPSA) is 60.4 Å². The number of hydrogen-bond acceptors (Lipinski definition) is 3. The molecule has 1 unspecified atom stereocenters. The zero-order valence-corrected chi connectivity index (χ0v) is 12.7. The number of carbonyl (C=O) groups excluding carboxylic acids is 1. The molecule has 1 N–H and O–H groups in total. The standard InChI is InChI=1S/C11H26N.C3H6O3/c1-5-6-7-8-9-10-11-12(2,3)4;1-2(4)3(5)6/h5-11H2,1-4H3;2,4H,1H3,(H,5,6)/q+1;/p-1. The van der Waals surface area contributed by atoms with E-state index in [0.29, 0.717) is 0 Å². The minimum absolute atomic E-state index is 1.12. The van der Waals surface area contributed by atoms with Gasteiger partial charge in [-0.2, -0.15) is 0 Å². The molecule has 0 aromatic heterocycles. The Bertz CT molecular complexity index is 198. The fraction of sp³-hybridized carbons (Fsp3) is 0.929. The van der Waals surface area contributed by atoms with E-state index in [1.54, 1.807) is 0 Å². The van der Waals surface area contributed by atoms with Crippen molar-refractivity contribution in [2.24, 2.45) is 0 Å². The summed E-state index contributed by atoms with van der Waals surface area (Å²) in [5, 5.41) is 17.3. The Kier molecular flexibility index (Phi) is 12.6. The molecule has 0 aromatic carbocycles. The van der Waals surface area contributed by atoms with Crippen molar-refractivity contribution in [3.05, 3.63) is 0 Å². The molecule has 18 heavy (non-hydrogen) atoms. The highest BCUT2D eigenvalue weighted by molar-refractivity contribution is 5.68. The number of hydrogen-bond donors (Lipinski definition) is 1. The predicted octanol–water partition coefficient (Wildman–Crippen LogP) is 1.17. The van der Waals surface area contributed by atoms with Crippen molar-refractivity contribution < 1.29 is 19.5 Å². The molecule has 0 fully saturated rings. The summed E-state index contributed by atoms with van der Waals surface area (Å²) in [7, 11) is 6.81. The molecule has 0 saturated carbocycles. The van der Waals surface area contributed by atoms with Gasteiger partial charge < -0.3 is 19.5 Å². The van der Waals surface area contributed by atoms with Crippen LogP contribution in [0, 0.1) is 0 Å². The Morgan fingerprint density at radius 2 is 1.50 bits per heavy atom. The highest BCUT2D eigenvalue weighted by Gasteiger charge is 2.04. The second-order valence-corrected chi connectivity index (χ2v) is 5.78. The molecule has 0 amide bonds. The average molecular weight is 261 g/mol. The average Bonchev–Trinajstić information content (AvgIpc) is 2.22. The molecule has 0 radical (unpaired) electrons. The largest absolute Gasteiger partial charge is 0.547 e. The van der Waals surface area contributed by atoms with Gasteiger partial charge in [0.1, 0.15) is 0 Å². The van der Waals surface area contributed by atoms with Crippen LogP contribution < -0.4 is 5.11 Å². The zero-order chi connectivity index (χ0) is 14.6. The molecule has 0 aliphatic heterocycles. The van der Waals surface area contributed by atoms with Crippen molar-refractivity contribution in [1.29, 1.82) is 0 Å². The van der Waals surface area contributed by atoms with Gasteiger partial charge in [0.25, 0.3) is 0 Å². The van der Waals surface area contributed by atoms with E-state index in [-0.39, 0.29) is 0 Å². The van der Waals surface area contributed by atoms with Gasteiger partial charge in [0, 0.05) is 0 Å². The van der Waals surface area contributed by atoms with Crippen LogP contribution in [-0.4, -0.2) is 49.4 Å². The lowest BCUT2D eigenvalue weighted by Gasteiger charge is -2.23. The molecule has 4 heteroatoms. The molecule has 110 valence electrons. The highest BCUT2D eigenvalue weighted by atomic mass is 16.4. The van der Waals surface area contributed by atoms with Crippen LogP contribution in [0.3, 0.4) is 0 Å². The van der Waals surface area contributed by atoms with E-state index in [1.807, 2.05) is 0 Å². The maximum atomic E-state index is 9.34. The summed E-state index contributed by atoms with van der Waals surface area (Å²) in [5.74, 6) is -1.44. The van der Waals surface area contributed by atoms with E-state index in [1.165, 1.54) is 45.1 Å². The molecule has 4 nitrogen and oxygen atoms in total. The first-order chi connectivity index (χ1) is 8.20. The monoisotopic (exact) mass is 261 g/mol. The van der Waals surface area contributed by atoms with Crippen LogP contribution in [0.4, 0.5) is 0 Å². The lowest BCUT2D eigenvalue weighted by molar-refractivity contribution is -0.870. The highest BCUT2D eigenvalue weighted by Crippen LogP contribution is 2.06. The summed E-state index contributed by atoms with van der Waals surface area (Å²) in [5.41, 5.74) is 0. The van der Waals surface area contributed by atoms with Gasteiger partial charge in [-0.3, -0.25) is 0 Å². The van der Waals surface area contributed by atoms with Crippen LogP contribution in [0.25, 0.3) is 0 Å². The summed E-state index contributed by atoms with van der Waals surface area (Å²) in [6, 6.07) is 0. The summed E-state index contributed by atoms with van der Waals surface area (Å²) in [6.07, 6.45) is 7.13. The van der Waals surface area contributed by atoms with Gasteiger partial charge in [-0.25, -0.2) is 0 Å². The van der Waals surface area contributed by atoms with Gasteiger partial charge >= 0.3 is 0 Å². The summed E-state index contributed by atoms with van der Waals surface area (Å²) in [4.78, 5) is 9.34. The number of rotatable bonds is 8. The number of aliphatic hydroxyl groups excluding tert-OH is 1. The van der Waals surface area contributed by atoms with E-state index in [4.69, 9.17) is 5.11 Å². The van der Waals surface area contributed by atoms with E-state index < -0.39 is 12.1 Å². The van der Waals surface area contributed by atoms with E-state index in [2.05, 4.69) is 28.1 Å². The number of aliphatic hydroxyl groups is 1. The first-order valence-corrected chi connectivity index (χ1v) is 6.90. The zero-order valence-electron chi connectivity index (χ0n) is 12.7. The number of carbonyl (C=O) groups is 1. The Hall–Kier alpha value is -0.610. The third-order valence-electron chi connectivity index (χ3n) is 2.52. The molecule has 0 aromatic rings. The molecule has 1 atom stereocenters. The molecule has 0 aliphatic rings. The summed E-state index contributed by atoms with van der Waals surface area (Å²) in [6.45, 7) is 4.73. The minimum Gasteiger partial charge on any atom is -0.547 e. The molecule has 0 rings (SSSR count). The fourth-order valence-corrected chi connectivity index (χ4v) is 1.37. The van der Waals surface area contributed by atoms with Crippen LogP contribution in [0.1, 0.15) is 52.4 Å². The minimum atomic E-state index is -1.44. The first-order valence-electron chi connectivity index (χ1n) is 6.90. The molecule has 0 spiro atoms. The quantitative estimate of drug-likeness (QED) is 0.527. The molecular weight excluding hydrogens is 230 g/mol. The van der Waals surface area contributed by atoms with E-state index in [9.17, 15) is 9.90 Å². The predicted molar refractivity (Wildman–Crippen MR) is 73.0 cm³/mol. The van der Waals surface area contributed by atoms with Gasteiger partial charge in [-0.05, 0) is 19.8 Å². The van der Waals surface area contributed by atoms with Crippen LogP contribution >= 0.6 is 0 Å². The molecule has 0 saturated heterocycles. The van der Waals surface area contributed by atoms with E-state index >= 15 is 0 Å². The van der Waals surface area contributed by atoms with Crippen LogP contribution in [0.15, 0.2) is 0 Å². The van der Waals surface area contributed by atoms with Crippen molar-refractivity contribution in [2.45, 2.75) is 58.5 Å². The normalized spacial score (nSPS) is 12.6. The third kappa shape index (κ3) is 20.8. The Balaban J connectivity index is 0. The van der Waals surface area contributed by atoms with Crippen molar-refractivity contribution in [3.8, 4) is 0 Å². The fourth-order valence-electron chi connectivity index (χ4n) is 1.37. The van der Waals surface area contributed by atoms with Gasteiger partial charge in [-0.1, -0.05) is 32.6 Å². The Labute approximate surface area is 112 Å². The van der Waals surface area contributed by atoms with Gasteiger partial charge in [0.15, 0.2) is 0 Å². The number of carboxylic acids is 1. The van der Waals surface area contributed by atoms with Gasteiger partial charge in [-0.15, -0.1) is 0 Å². The summed E-state index contributed by atoms with van der Waals surface area (Å²) < 4.78 is 1.12. The SMILES string of the molecule is CC(O)C(=O)[O-].CCCCCCCC[N+](C)(C)C. The molecule has 0 heterocycles. The van der Waals surface area contributed by atoms with Crippen molar-refractivity contribution in [1.82, 2.24) is 0 Å². The lowest BCUT2D eigenvalue weighted by atomic mass is 10.1. The molecule has 0 aliphatic carbocycles. The second-order valence-electron chi connectivity index (χ2n) is 5.78. The Morgan fingerprint density at radius 3 is 1.83 bits per heavy atom. The van der Waals surface area contributed by atoms with Crippen molar-refractivity contribution in [3.63, 3.8) is 0 Å². The van der Waals surface area contributed by atoms with Crippen LogP contribution in [0.2, 0.25) is 0 Å². The molecular formula is C14H31NO3. The van der Waals surface area contributed by atoms with Crippen molar-refractivity contribution >= 4 is 5.97 Å². The maximum Gasteiger partial charge on any atom is 0.0905 e. The number of carboxylic acid groups (broad SMARTS) is 1. The number of unbranched alkanes of at least 4 members (excludes halogenated alkanes) is 5. The smallest absolute Gasteiger partial charge is 0.0905 e. The van der Waals surface area contributed by atoms with Gasteiger partial charge in [0.2, 0.25) is 0 Å². The lowest BCUT2D eigenvalue weighted by Crippen LogP contribution is -2.35. The third-order valence-corrected chi connectivity index (χ3v) is 2.52. The number of quaternary nitrogens is 1. The van der Waals surface area contributed by atoms with E-state index in [0.717, 1.165) is 11.4 Å². The first kappa shape index (κ1) is 19.7. The van der Waals surface area contributed by atoms with Crippen LogP contribution in [-0.2, 0) is 4.79 Å². The molecule has 0 bridgehead atoms. The number of aliphatic carboxylic acids is 1. The summed E-state index contributed by atoms with van der Waals surface area (Å²) >= 11 is 0. The Morgan fingerprint density at radius 1 is 1.11 bits per heavy atom. The maximum absolute atomic E-state index is 9.34. The van der Waals surface area contributed by atoms with Crippen molar-refractivity contribution in [2.75, 3.05) is 27.7 Å².